The lowest BCUT2D eigenvalue weighted by Gasteiger charge is -2.41. The van der Waals surface area contributed by atoms with Crippen molar-refractivity contribution in [2.24, 2.45) is 10.8 Å². The van der Waals surface area contributed by atoms with Crippen LogP contribution in [0.2, 0.25) is 0 Å². The van der Waals surface area contributed by atoms with Crippen LogP contribution in [0.3, 0.4) is 0 Å². The highest BCUT2D eigenvalue weighted by Crippen LogP contribution is 2.49. The normalized spacial score (nSPS) is 22.5. The van der Waals surface area contributed by atoms with Crippen LogP contribution in [0.1, 0.15) is 65.0 Å². The Morgan fingerprint density at radius 3 is 2.21 bits per heavy atom. The van der Waals surface area contributed by atoms with Gasteiger partial charge in [0.1, 0.15) is 0 Å². The number of rotatable bonds is 4. The van der Waals surface area contributed by atoms with E-state index in [4.69, 9.17) is 0 Å². The van der Waals surface area contributed by atoms with Gasteiger partial charge in [-0.1, -0.05) is 46.8 Å². The molecule has 29 heavy (non-hydrogen) atoms. The van der Waals surface area contributed by atoms with Gasteiger partial charge in [-0.15, -0.1) is 0 Å². The molecule has 0 aromatic heterocycles. The molecule has 0 N–H and O–H groups in total. The average molecular weight is 409 g/mol. The largest absolute Gasteiger partial charge is 0.416 e. The van der Waals surface area contributed by atoms with Gasteiger partial charge in [-0.3, -0.25) is 4.90 Å². The van der Waals surface area contributed by atoms with E-state index in [1.165, 1.54) is 17.7 Å². The Hall–Kier alpha value is -1.49. The van der Waals surface area contributed by atoms with Crippen LogP contribution in [-0.4, -0.2) is 37.6 Å². The van der Waals surface area contributed by atoms with Crippen molar-refractivity contribution in [2.45, 2.75) is 60.1 Å². The number of anilines is 1. The third kappa shape index (κ3) is 5.36. The minimum absolute atomic E-state index is 0.0386. The monoisotopic (exact) mass is 408 g/mol. The zero-order valence-corrected chi connectivity index (χ0v) is 18.5. The number of halogens is 3. The topological polar surface area (TPSA) is 6.48 Å². The molecule has 1 aliphatic heterocycles. The molecule has 5 heteroatoms. The summed E-state index contributed by atoms with van der Waals surface area (Å²) in [5.74, 6) is 0. The van der Waals surface area contributed by atoms with Crippen molar-refractivity contribution in [2.75, 3.05) is 37.6 Å². The summed E-state index contributed by atoms with van der Waals surface area (Å²) in [6, 6.07) is 4.34. The highest BCUT2D eigenvalue weighted by Gasteiger charge is 2.36. The molecule has 0 amide bonds. The van der Waals surface area contributed by atoms with Crippen LogP contribution in [0.4, 0.5) is 18.9 Å². The predicted octanol–water partition coefficient (Wildman–Crippen LogP) is 6.47. The van der Waals surface area contributed by atoms with Crippen molar-refractivity contribution < 1.29 is 13.2 Å². The van der Waals surface area contributed by atoms with Gasteiger partial charge < -0.3 is 4.90 Å². The second kappa shape index (κ2) is 7.98. The maximum atomic E-state index is 13.5. The first-order valence-electron chi connectivity index (χ1n) is 10.8. The molecule has 2 nitrogen and oxygen atoms in total. The molecule has 0 radical (unpaired) electrons. The molecule has 0 bridgehead atoms. The van der Waals surface area contributed by atoms with Gasteiger partial charge in [-0.25, -0.2) is 0 Å². The first-order valence-corrected chi connectivity index (χ1v) is 10.8. The van der Waals surface area contributed by atoms with Crippen LogP contribution in [0.5, 0.6) is 0 Å². The fourth-order valence-corrected chi connectivity index (χ4v) is 5.33. The summed E-state index contributed by atoms with van der Waals surface area (Å²) in [5, 5.41) is 0. The lowest BCUT2D eigenvalue weighted by Crippen LogP contribution is -2.47. The standard InChI is InChI=1S/C24H35F3N2/c1-6-9-28-10-12-29(13-11-28)21-14-19(24(25,26)27)7-8-20(21)18-15-22(2,3)17-23(4,5)16-18/h7-8,14-15H,6,9-13,16-17H2,1-5H3. The third-order valence-corrected chi connectivity index (χ3v) is 6.09. The molecule has 0 atom stereocenters. The van der Waals surface area contributed by atoms with E-state index in [2.05, 4.69) is 50.5 Å². The van der Waals surface area contributed by atoms with E-state index in [9.17, 15) is 13.2 Å². The Balaban J connectivity index is 2.00. The smallest absolute Gasteiger partial charge is 0.368 e. The van der Waals surface area contributed by atoms with E-state index >= 15 is 0 Å². The van der Waals surface area contributed by atoms with Gasteiger partial charge in [0.25, 0.3) is 0 Å². The second-order valence-corrected chi connectivity index (χ2v) is 10.2. The van der Waals surface area contributed by atoms with Gasteiger partial charge in [0, 0.05) is 37.4 Å². The molecule has 3 rings (SSSR count). The van der Waals surface area contributed by atoms with E-state index in [0.717, 1.165) is 63.2 Å². The number of hydrogen-bond acceptors (Lipinski definition) is 2. The van der Waals surface area contributed by atoms with Gasteiger partial charge in [-0.2, -0.15) is 13.2 Å². The number of hydrogen-bond donors (Lipinski definition) is 0. The molecule has 1 saturated heterocycles. The molecule has 0 unspecified atom stereocenters. The number of allylic oxidation sites excluding steroid dienone is 2. The van der Waals surface area contributed by atoms with Gasteiger partial charge in [0.2, 0.25) is 0 Å². The van der Waals surface area contributed by atoms with Crippen molar-refractivity contribution in [1.29, 1.82) is 0 Å². The van der Waals surface area contributed by atoms with E-state index in [1.807, 2.05) is 0 Å². The third-order valence-electron chi connectivity index (χ3n) is 6.09. The molecule has 1 aliphatic carbocycles. The summed E-state index contributed by atoms with van der Waals surface area (Å²) in [7, 11) is 0. The minimum atomic E-state index is -4.32. The first kappa shape index (κ1) is 22.2. The Kier molecular flexibility index (Phi) is 6.11. The van der Waals surface area contributed by atoms with Crippen LogP contribution in [0.25, 0.3) is 5.57 Å². The van der Waals surface area contributed by atoms with E-state index in [0.29, 0.717) is 0 Å². The fraction of sp³-hybridized carbons (Fsp3) is 0.667. The van der Waals surface area contributed by atoms with Gasteiger partial charge in [0.05, 0.1) is 5.56 Å². The van der Waals surface area contributed by atoms with Crippen LogP contribution < -0.4 is 4.90 Å². The summed E-state index contributed by atoms with van der Waals surface area (Å²) < 4.78 is 40.4. The zero-order valence-electron chi connectivity index (χ0n) is 18.5. The average Bonchev–Trinajstić information content (AvgIpc) is 2.59. The molecular weight excluding hydrogens is 373 g/mol. The van der Waals surface area contributed by atoms with Gasteiger partial charge >= 0.3 is 6.18 Å². The summed E-state index contributed by atoms with van der Waals surface area (Å²) in [4.78, 5) is 4.56. The van der Waals surface area contributed by atoms with Crippen LogP contribution in [-0.2, 0) is 6.18 Å². The lowest BCUT2D eigenvalue weighted by atomic mass is 9.65. The minimum Gasteiger partial charge on any atom is -0.368 e. The lowest BCUT2D eigenvalue weighted by molar-refractivity contribution is -0.137. The number of benzene rings is 1. The summed E-state index contributed by atoms with van der Waals surface area (Å²) >= 11 is 0. The zero-order chi connectivity index (χ0) is 21.4. The molecule has 1 fully saturated rings. The van der Waals surface area contributed by atoms with Crippen molar-refractivity contribution in [3.05, 3.63) is 35.4 Å². The van der Waals surface area contributed by atoms with Gasteiger partial charge in [-0.05, 0) is 54.3 Å². The summed E-state index contributed by atoms with van der Waals surface area (Å²) in [6.07, 6.45) is 1.04. The summed E-state index contributed by atoms with van der Waals surface area (Å²) in [6.45, 7) is 15.5. The predicted molar refractivity (Wildman–Crippen MR) is 115 cm³/mol. The Labute approximate surface area is 173 Å². The fourth-order valence-electron chi connectivity index (χ4n) is 5.33. The van der Waals surface area contributed by atoms with Crippen molar-refractivity contribution in [3.63, 3.8) is 0 Å². The Morgan fingerprint density at radius 1 is 1.00 bits per heavy atom. The highest BCUT2D eigenvalue weighted by atomic mass is 19.4. The maximum absolute atomic E-state index is 13.5. The summed E-state index contributed by atoms with van der Waals surface area (Å²) in [5.41, 5.74) is 2.52. The molecule has 162 valence electrons. The van der Waals surface area contributed by atoms with Gasteiger partial charge in [0.15, 0.2) is 0 Å². The van der Waals surface area contributed by atoms with E-state index < -0.39 is 11.7 Å². The highest BCUT2D eigenvalue weighted by molar-refractivity contribution is 5.79. The van der Waals surface area contributed by atoms with Crippen molar-refractivity contribution in [1.82, 2.24) is 4.90 Å². The molecule has 1 aromatic carbocycles. The number of alkyl halides is 3. The van der Waals surface area contributed by atoms with Crippen LogP contribution >= 0.6 is 0 Å². The number of piperazine rings is 1. The molecular formula is C24H35F3N2. The Morgan fingerprint density at radius 2 is 1.66 bits per heavy atom. The van der Waals surface area contributed by atoms with Crippen LogP contribution in [0.15, 0.2) is 24.3 Å². The maximum Gasteiger partial charge on any atom is 0.416 e. The van der Waals surface area contributed by atoms with Crippen molar-refractivity contribution >= 4 is 11.3 Å². The molecule has 0 saturated carbocycles. The quantitative estimate of drug-likeness (QED) is 0.563. The second-order valence-electron chi connectivity index (χ2n) is 10.2. The molecule has 1 heterocycles. The van der Waals surface area contributed by atoms with Crippen LogP contribution in [0, 0.1) is 10.8 Å². The van der Waals surface area contributed by atoms with Crippen molar-refractivity contribution in [3.8, 4) is 0 Å². The number of nitrogens with zero attached hydrogens (tertiary/aromatic N) is 2. The SMILES string of the molecule is CCCN1CCN(c2cc(C(F)(F)F)ccc2C2=CC(C)(C)CC(C)(C)C2)CC1. The Bertz CT molecular complexity index is 754. The molecule has 2 aliphatic rings. The molecule has 1 aromatic rings. The first-order chi connectivity index (χ1) is 13.4. The van der Waals surface area contributed by atoms with E-state index in [-0.39, 0.29) is 10.8 Å². The van der Waals surface area contributed by atoms with E-state index in [1.54, 1.807) is 6.07 Å². The molecule has 0 spiro atoms.